The number of hydrogen-bond donors (Lipinski definition) is 2. The van der Waals surface area contributed by atoms with Crippen LogP contribution in [0.4, 0.5) is 0 Å². The predicted molar refractivity (Wildman–Crippen MR) is 122 cm³/mol. The van der Waals surface area contributed by atoms with Gasteiger partial charge < -0.3 is 4.98 Å². The summed E-state index contributed by atoms with van der Waals surface area (Å²) in [4.78, 5) is 14.8. The normalized spacial score (nSPS) is 11.5. The minimum atomic E-state index is 0.774. The highest BCUT2D eigenvalue weighted by atomic mass is 32.1. The summed E-state index contributed by atoms with van der Waals surface area (Å²) in [5.74, 6) is 0. The molecule has 6 heteroatoms. The maximum atomic E-state index is 4.57. The predicted octanol–water partition coefficient (Wildman–Crippen LogP) is 6.21. The summed E-state index contributed by atoms with van der Waals surface area (Å²) in [6.45, 7) is 2.14. The molecule has 0 bridgehead atoms. The van der Waals surface area contributed by atoms with Crippen molar-refractivity contribution >= 4 is 33.3 Å². The lowest BCUT2D eigenvalue weighted by Crippen LogP contribution is -1.83. The van der Waals surface area contributed by atoms with E-state index in [-0.39, 0.29) is 0 Å². The zero-order valence-corrected chi connectivity index (χ0v) is 17.0. The number of rotatable bonds is 3. The van der Waals surface area contributed by atoms with Gasteiger partial charge in [-0.25, -0.2) is 4.98 Å². The fourth-order valence-corrected chi connectivity index (χ4v) is 4.79. The van der Waals surface area contributed by atoms with Crippen molar-refractivity contribution in [2.24, 2.45) is 0 Å². The number of pyridine rings is 2. The van der Waals surface area contributed by atoms with Crippen molar-refractivity contribution in [3.63, 3.8) is 0 Å². The van der Waals surface area contributed by atoms with Gasteiger partial charge in [0.2, 0.25) is 0 Å². The molecule has 144 valence electrons. The van der Waals surface area contributed by atoms with E-state index in [1.165, 1.54) is 20.7 Å². The molecule has 0 saturated heterocycles. The quantitative estimate of drug-likeness (QED) is 0.367. The Morgan fingerprint density at radius 3 is 2.63 bits per heavy atom. The molecular weight excluding hydrogens is 390 g/mol. The highest BCUT2D eigenvalue weighted by Gasteiger charge is 2.15. The molecule has 30 heavy (non-hydrogen) atoms. The Balaban J connectivity index is 1.52. The number of benzene rings is 1. The molecule has 1 aromatic carbocycles. The minimum absolute atomic E-state index is 0.774. The van der Waals surface area contributed by atoms with Crippen LogP contribution in [0.3, 0.4) is 0 Å². The summed E-state index contributed by atoms with van der Waals surface area (Å²) in [7, 11) is 0. The van der Waals surface area contributed by atoms with Gasteiger partial charge in [-0.3, -0.25) is 10.1 Å². The standard InChI is InChI=1S/C24H17N5S/c1-14-5-6-22(30-14)17-3-2-4-20-18(17)12-21(27-20)23-19-11-16(13-26-24(19)29-28-23)15-7-9-25-10-8-15/h2-13,27H,1H3,(H,26,28,29). The van der Waals surface area contributed by atoms with Crippen molar-refractivity contribution in [3.8, 4) is 33.0 Å². The molecule has 6 aromatic rings. The highest BCUT2D eigenvalue weighted by Crippen LogP contribution is 2.37. The molecule has 0 aliphatic carbocycles. The Morgan fingerprint density at radius 1 is 0.900 bits per heavy atom. The van der Waals surface area contributed by atoms with Crippen LogP contribution in [0.25, 0.3) is 54.9 Å². The van der Waals surface area contributed by atoms with Crippen LogP contribution >= 0.6 is 11.3 Å². The van der Waals surface area contributed by atoms with E-state index in [4.69, 9.17) is 0 Å². The monoisotopic (exact) mass is 407 g/mol. The second kappa shape index (κ2) is 6.64. The third kappa shape index (κ3) is 2.73. The van der Waals surface area contributed by atoms with Gasteiger partial charge >= 0.3 is 0 Å². The molecule has 0 amide bonds. The number of aromatic nitrogens is 5. The van der Waals surface area contributed by atoms with E-state index in [0.29, 0.717) is 0 Å². The first kappa shape index (κ1) is 17.1. The van der Waals surface area contributed by atoms with Gasteiger partial charge in [0.1, 0.15) is 5.69 Å². The first-order valence-corrected chi connectivity index (χ1v) is 10.5. The number of aryl methyl sites for hydroxylation is 1. The van der Waals surface area contributed by atoms with Crippen molar-refractivity contribution in [1.82, 2.24) is 25.1 Å². The lowest BCUT2D eigenvalue weighted by Gasteiger charge is -2.01. The Labute approximate surface area is 176 Å². The third-order valence-electron chi connectivity index (χ3n) is 5.36. The van der Waals surface area contributed by atoms with Crippen LogP contribution in [0.1, 0.15) is 4.88 Å². The summed E-state index contributed by atoms with van der Waals surface area (Å²) < 4.78 is 0. The van der Waals surface area contributed by atoms with Crippen LogP contribution in [-0.2, 0) is 0 Å². The number of thiophene rings is 1. The van der Waals surface area contributed by atoms with Gasteiger partial charge in [-0.2, -0.15) is 5.10 Å². The maximum absolute atomic E-state index is 4.57. The van der Waals surface area contributed by atoms with E-state index in [2.05, 4.69) is 74.5 Å². The Hall–Kier alpha value is -3.77. The molecule has 6 rings (SSSR count). The number of hydrogen-bond acceptors (Lipinski definition) is 4. The largest absolute Gasteiger partial charge is 0.353 e. The lowest BCUT2D eigenvalue weighted by atomic mass is 10.1. The fourth-order valence-electron chi connectivity index (χ4n) is 3.89. The molecule has 0 fully saturated rings. The zero-order valence-electron chi connectivity index (χ0n) is 16.2. The molecule has 0 unspecified atom stereocenters. The summed E-state index contributed by atoms with van der Waals surface area (Å²) in [5.41, 5.74) is 7.09. The van der Waals surface area contributed by atoms with E-state index >= 15 is 0 Å². The number of nitrogens with zero attached hydrogens (tertiary/aromatic N) is 3. The van der Waals surface area contributed by atoms with Crippen molar-refractivity contribution in [1.29, 1.82) is 0 Å². The molecule has 2 N–H and O–H groups in total. The molecule has 0 saturated carbocycles. The van der Waals surface area contributed by atoms with E-state index in [1.807, 2.05) is 29.7 Å². The SMILES string of the molecule is Cc1ccc(-c2cccc3[nH]c(-c4n[nH]c5ncc(-c6ccncc6)cc45)cc23)s1. The molecule has 0 atom stereocenters. The summed E-state index contributed by atoms with van der Waals surface area (Å²) >= 11 is 1.81. The molecule has 0 aliphatic heterocycles. The van der Waals surface area contributed by atoms with E-state index in [9.17, 15) is 0 Å². The van der Waals surface area contributed by atoms with Crippen molar-refractivity contribution < 1.29 is 0 Å². The van der Waals surface area contributed by atoms with E-state index in [1.54, 1.807) is 12.4 Å². The number of aromatic amines is 2. The first-order chi connectivity index (χ1) is 14.8. The number of fused-ring (bicyclic) bond motifs is 2. The van der Waals surface area contributed by atoms with Crippen LogP contribution < -0.4 is 0 Å². The van der Waals surface area contributed by atoms with Crippen LogP contribution in [0.2, 0.25) is 0 Å². The summed E-state index contributed by atoms with van der Waals surface area (Å²) in [6, 6.07) is 19.0. The molecule has 5 heterocycles. The number of nitrogens with one attached hydrogen (secondary N) is 2. The topological polar surface area (TPSA) is 70.2 Å². The zero-order chi connectivity index (χ0) is 20.1. The Bertz CT molecular complexity index is 1510. The number of H-pyrrole nitrogens is 2. The van der Waals surface area contributed by atoms with Gasteiger partial charge in [-0.05, 0) is 55.0 Å². The van der Waals surface area contributed by atoms with Crippen LogP contribution in [0, 0.1) is 6.92 Å². The van der Waals surface area contributed by atoms with Crippen LogP contribution in [0.15, 0.2) is 73.2 Å². The molecular formula is C24H17N5S. The van der Waals surface area contributed by atoms with Crippen LogP contribution in [-0.4, -0.2) is 25.1 Å². The summed E-state index contributed by atoms with van der Waals surface area (Å²) in [5, 5.41) is 9.83. The Kier molecular flexibility index (Phi) is 3.79. The molecule has 0 radical (unpaired) electrons. The first-order valence-electron chi connectivity index (χ1n) is 9.70. The third-order valence-corrected chi connectivity index (χ3v) is 6.39. The van der Waals surface area contributed by atoms with Crippen molar-refractivity contribution in [2.75, 3.05) is 0 Å². The highest BCUT2D eigenvalue weighted by molar-refractivity contribution is 7.15. The average Bonchev–Trinajstić information content (AvgIpc) is 3.51. The van der Waals surface area contributed by atoms with Crippen molar-refractivity contribution in [3.05, 3.63) is 78.1 Å². The maximum Gasteiger partial charge on any atom is 0.155 e. The fraction of sp³-hybridized carbons (Fsp3) is 0.0417. The lowest BCUT2D eigenvalue weighted by molar-refractivity contribution is 1.10. The van der Waals surface area contributed by atoms with Gasteiger partial charge in [0.25, 0.3) is 0 Å². The Morgan fingerprint density at radius 2 is 1.80 bits per heavy atom. The smallest absolute Gasteiger partial charge is 0.155 e. The molecule has 0 spiro atoms. The van der Waals surface area contributed by atoms with E-state index < -0.39 is 0 Å². The molecule has 5 nitrogen and oxygen atoms in total. The van der Waals surface area contributed by atoms with Crippen LogP contribution in [0.5, 0.6) is 0 Å². The average molecular weight is 408 g/mol. The van der Waals surface area contributed by atoms with Gasteiger partial charge in [0.05, 0.1) is 5.69 Å². The molecule has 5 aromatic heterocycles. The van der Waals surface area contributed by atoms with Crippen molar-refractivity contribution in [2.45, 2.75) is 6.92 Å². The minimum Gasteiger partial charge on any atom is -0.353 e. The summed E-state index contributed by atoms with van der Waals surface area (Å²) in [6.07, 6.45) is 5.45. The van der Waals surface area contributed by atoms with E-state index in [0.717, 1.165) is 39.1 Å². The van der Waals surface area contributed by atoms with Gasteiger partial charge in [0.15, 0.2) is 5.65 Å². The van der Waals surface area contributed by atoms with Gasteiger partial charge in [-0.15, -0.1) is 11.3 Å². The van der Waals surface area contributed by atoms with Gasteiger partial charge in [-0.1, -0.05) is 12.1 Å². The molecule has 0 aliphatic rings. The second-order valence-electron chi connectivity index (χ2n) is 7.29. The van der Waals surface area contributed by atoms with Gasteiger partial charge in [0, 0.05) is 55.8 Å². The second-order valence-corrected chi connectivity index (χ2v) is 8.58.